The molecule has 26 heavy (non-hydrogen) atoms. The predicted octanol–water partition coefficient (Wildman–Crippen LogP) is 0.661. The van der Waals surface area contributed by atoms with E-state index >= 15 is 0 Å². The van der Waals surface area contributed by atoms with Crippen molar-refractivity contribution >= 4 is 17.5 Å². The first kappa shape index (κ1) is 18.8. The predicted molar refractivity (Wildman–Crippen MR) is 93.0 cm³/mol. The molecule has 0 aliphatic heterocycles. The lowest BCUT2D eigenvalue weighted by Gasteiger charge is -2.22. The molecule has 0 saturated carbocycles. The van der Waals surface area contributed by atoms with Gasteiger partial charge in [-0.3, -0.25) is 29.1 Å². The maximum atomic E-state index is 12.6. The molecule has 0 atom stereocenters. The number of rotatable bonds is 8. The Balaban J connectivity index is 2.20. The normalized spacial score (nSPS) is 10.3. The molecule has 9 heteroatoms. The average Bonchev–Trinajstić information content (AvgIpc) is 2.60. The lowest BCUT2D eigenvalue weighted by atomic mass is 10.2. The zero-order chi connectivity index (χ0) is 19.1. The quantitative estimate of drug-likeness (QED) is 0.547. The second kappa shape index (κ2) is 8.56. The first-order valence-corrected chi connectivity index (χ1v) is 7.81. The van der Waals surface area contributed by atoms with Crippen molar-refractivity contribution in [2.24, 2.45) is 5.73 Å². The molecule has 0 aliphatic rings. The summed E-state index contributed by atoms with van der Waals surface area (Å²) < 4.78 is 0.975. The molecule has 0 spiro atoms. The Labute approximate surface area is 148 Å². The van der Waals surface area contributed by atoms with Gasteiger partial charge in [-0.2, -0.15) is 0 Å². The van der Waals surface area contributed by atoms with Crippen molar-refractivity contribution in [1.82, 2.24) is 9.47 Å². The van der Waals surface area contributed by atoms with E-state index in [1.54, 1.807) is 0 Å². The van der Waals surface area contributed by atoms with E-state index in [9.17, 15) is 24.5 Å². The van der Waals surface area contributed by atoms with E-state index in [1.807, 2.05) is 30.3 Å². The highest BCUT2D eigenvalue weighted by Crippen LogP contribution is 2.09. The van der Waals surface area contributed by atoms with Crippen molar-refractivity contribution in [1.29, 1.82) is 0 Å². The molecule has 0 radical (unpaired) electrons. The van der Waals surface area contributed by atoms with Crippen LogP contribution in [0.15, 0.2) is 53.5 Å². The summed E-state index contributed by atoms with van der Waals surface area (Å²) in [7, 11) is 0. The van der Waals surface area contributed by atoms with Gasteiger partial charge in [0.1, 0.15) is 6.54 Å². The van der Waals surface area contributed by atoms with Crippen LogP contribution >= 0.6 is 0 Å². The summed E-state index contributed by atoms with van der Waals surface area (Å²) in [6.07, 6.45) is 0.997. The Kier molecular flexibility index (Phi) is 6.20. The Bertz CT molecular complexity index is 863. The van der Waals surface area contributed by atoms with Crippen LogP contribution < -0.4 is 11.3 Å². The Morgan fingerprint density at radius 2 is 1.85 bits per heavy atom. The molecule has 1 aromatic carbocycles. The summed E-state index contributed by atoms with van der Waals surface area (Å²) in [6, 6.07) is 11.2. The minimum absolute atomic E-state index is 0.0254. The molecule has 9 nitrogen and oxygen atoms in total. The van der Waals surface area contributed by atoms with E-state index < -0.39 is 22.3 Å². The molecule has 136 valence electrons. The SMILES string of the molecule is NC(=O)CCN(Cc1ccccc1)C(=O)Cn1cc([N+](=O)[O-])ccc1=O. The number of carbonyl (C=O) groups excluding carboxylic acids is 2. The van der Waals surface area contributed by atoms with Gasteiger partial charge in [-0.1, -0.05) is 30.3 Å². The van der Waals surface area contributed by atoms with Gasteiger partial charge >= 0.3 is 0 Å². The van der Waals surface area contributed by atoms with E-state index in [1.165, 1.54) is 4.90 Å². The minimum Gasteiger partial charge on any atom is -0.370 e. The zero-order valence-electron chi connectivity index (χ0n) is 13.9. The zero-order valence-corrected chi connectivity index (χ0v) is 13.9. The number of nitrogens with zero attached hydrogens (tertiary/aromatic N) is 3. The third-order valence-corrected chi connectivity index (χ3v) is 3.68. The molecule has 2 N–H and O–H groups in total. The molecule has 2 amide bonds. The number of amides is 2. The molecule has 2 rings (SSSR count). The van der Waals surface area contributed by atoms with Crippen molar-refractivity contribution in [3.63, 3.8) is 0 Å². The Hall–Kier alpha value is -3.49. The molecule has 1 aromatic heterocycles. The molecule has 0 aliphatic carbocycles. The molecule has 0 fully saturated rings. The monoisotopic (exact) mass is 358 g/mol. The molecule has 0 saturated heterocycles. The number of nitrogens with two attached hydrogens (primary N) is 1. The number of hydrogen-bond acceptors (Lipinski definition) is 5. The van der Waals surface area contributed by atoms with E-state index in [4.69, 9.17) is 5.73 Å². The van der Waals surface area contributed by atoms with Gasteiger partial charge in [0.15, 0.2) is 0 Å². The van der Waals surface area contributed by atoms with Gasteiger partial charge < -0.3 is 10.6 Å². The highest BCUT2D eigenvalue weighted by atomic mass is 16.6. The highest BCUT2D eigenvalue weighted by molar-refractivity contribution is 5.78. The fourth-order valence-electron chi connectivity index (χ4n) is 2.34. The van der Waals surface area contributed by atoms with Gasteiger partial charge in [-0.25, -0.2) is 0 Å². The van der Waals surface area contributed by atoms with Gasteiger partial charge in [0, 0.05) is 31.6 Å². The van der Waals surface area contributed by atoms with Crippen LogP contribution in [0.2, 0.25) is 0 Å². The maximum Gasteiger partial charge on any atom is 0.285 e. The van der Waals surface area contributed by atoms with Crippen LogP contribution in [0.1, 0.15) is 12.0 Å². The summed E-state index contributed by atoms with van der Waals surface area (Å²) in [6.45, 7) is -0.0462. The molecule has 0 bridgehead atoms. The topological polar surface area (TPSA) is 129 Å². The van der Waals surface area contributed by atoms with Crippen molar-refractivity contribution in [3.8, 4) is 0 Å². The van der Waals surface area contributed by atoms with E-state index in [2.05, 4.69) is 0 Å². The van der Waals surface area contributed by atoms with Crippen LogP contribution in [0.3, 0.4) is 0 Å². The summed E-state index contributed by atoms with van der Waals surface area (Å²) in [5.41, 5.74) is 5.18. The van der Waals surface area contributed by atoms with Crippen LogP contribution in [0.25, 0.3) is 0 Å². The second-order valence-electron chi connectivity index (χ2n) is 5.63. The third kappa shape index (κ3) is 5.26. The van der Waals surface area contributed by atoms with Crippen LogP contribution in [0.4, 0.5) is 5.69 Å². The number of aromatic nitrogens is 1. The fraction of sp³-hybridized carbons (Fsp3) is 0.235. The number of hydrogen-bond donors (Lipinski definition) is 1. The van der Waals surface area contributed by atoms with Crippen molar-refractivity contribution in [2.75, 3.05) is 6.54 Å². The van der Waals surface area contributed by atoms with Crippen LogP contribution in [-0.2, 0) is 22.7 Å². The number of pyridine rings is 1. The van der Waals surface area contributed by atoms with E-state index in [0.29, 0.717) is 0 Å². The average molecular weight is 358 g/mol. The number of primary amides is 1. The largest absolute Gasteiger partial charge is 0.370 e. The molecular formula is C17H18N4O5. The number of nitro groups is 1. The minimum atomic E-state index is -0.644. The van der Waals surface area contributed by atoms with Crippen molar-refractivity contribution < 1.29 is 14.5 Å². The maximum absolute atomic E-state index is 12.6. The smallest absolute Gasteiger partial charge is 0.285 e. The summed E-state index contributed by atoms with van der Waals surface area (Å²) in [4.78, 5) is 47.1. The first-order valence-electron chi connectivity index (χ1n) is 7.81. The lowest BCUT2D eigenvalue weighted by Crippen LogP contribution is -2.37. The van der Waals surface area contributed by atoms with Crippen LogP contribution in [-0.4, -0.2) is 32.7 Å². The van der Waals surface area contributed by atoms with Gasteiger partial charge in [0.2, 0.25) is 11.8 Å². The van der Waals surface area contributed by atoms with Gasteiger partial charge in [-0.15, -0.1) is 0 Å². The van der Waals surface area contributed by atoms with Crippen LogP contribution in [0, 0.1) is 10.1 Å². The molecule has 1 heterocycles. The van der Waals surface area contributed by atoms with Crippen molar-refractivity contribution in [3.05, 3.63) is 74.7 Å². The van der Waals surface area contributed by atoms with E-state index in [0.717, 1.165) is 28.5 Å². The summed E-state index contributed by atoms with van der Waals surface area (Å²) in [5.74, 6) is -0.999. The molecule has 0 unspecified atom stereocenters. The summed E-state index contributed by atoms with van der Waals surface area (Å²) in [5, 5.41) is 10.8. The third-order valence-electron chi connectivity index (χ3n) is 3.68. The second-order valence-corrected chi connectivity index (χ2v) is 5.63. The number of benzene rings is 1. The van der Waals surface area contributed by atoms with Gasteiger partial charge in [0.25, 0.3) is 11.2 Å². The highest BCUT2D eigenvalue weighted by Gasteiger charge is 2.17. The van der Waals surface area contributed by atoms with E-state index in [-0.39, 0.29) is 31.7 Å². The Morgan fingerprint density at radius 3 is 2.46 bits per heavy atom. The van der Waals surface area contributed by atoms with Gasteiger partial charge in [-0.05, 0) is 5.56 Å². The van der Waals surface area contributed by atoms with Crippen molar-refractivity contribution in [2.45, 2.75) is 19.5 Å². The molecule has 2 aromatic rings. The standard InChI is InChI=1S/C17H18N4O5/c18-15(22)8-9-19(10-13-4-2-1-3-5-13)17(24)12-20-11-14(21(25)26)6-7-16(20)23/h1-7,11H,8-10,12H2,(H2,18,22). The number of carbonyl (C=O) groups is 2. The first-order chi connectivity index (χ1) is 12.4. The van der Waals surface area contributed by atoms with Crippen LogP contribution in [0.5, 0.6) is 0 Å². The Morgan fingerprint density at radius 1 is 1.15 bits per heavy atom. The fourth-order valence-corrected chi connectivity index (χ4v) is 2.34. The lowest BCUT2D eigenvalue weighted by molar-refractivity contribution is -0.385. The van der Waals surface area contributed by atoms with Gasteiger partial charge in [0.05, 0.1) is 11.1 Å². The molecular weight excluding hydrogens is 340 g/mol. The summed E-state index contributed by atoms with van der Waals surface area (Å²) >= 11 is 0.